The van der Waals surface area contributed by atoms with Crippen LogP contribution in [0.25, 0.3) is 10.9 Å². The van der Waals surface area contributed by atoms with Crippen LogP contribution in [0.15, 0.2) is 55.0 Å². The number of carbonyl (C=O) groups excluding carboxylic acids is 1. The number of nitriles is 1. The van der Waals surface area contributed by atoms with E-state index in [9.17, 15) is 10.1 Å². The molecule has 1 aliphatic heterocycles. The van der Waals surface area contributed by atoms with Crippen molar-refractivity contribution >= 4 is 22.8 Å². The van der Waals surface area contributed by atoms with Crippen molar-refractivity contribution in [1.29, 1.82) is 5.26 Å². The molecule has 0 spiro atoms. The third-order valence-corrected chi connectivity index (χ3v) is 6.41. The Morgan fingerprint density at radius 1 is 1.19 bits per heavy atom. The van der Waals surface area contributed by atoms with Crippen molar-refractivity contribution in [3.05, 3.63) is 77.2 Å². The predicted molar refractivity (Wildman–Crippen MR) is 137 cm³/mol. The molecule has 10 heteroatoms. The van der Waals surface area contributed by atoms with Gasteiger partial charge in [0.25, 0.3) is 5.91 Å². The molecule has 1 atom stereocenters. The lowest BCUT2D eigenvalue weighted by atomic mass is 9.98. The molecular formula is C27H27N7O3. The molecule has 1 unspecified atom stereocenters. The molecule has 0 saturated carbocycles. The van der Waals surface area contributed by atoms with Gasteiger partial charge in [-0.3, -0.25) is 9.48 Å². The van der Waals surface area contributed by atoms with Gasteiger partial charge in [-0.15, -0.1) is 0 Å². The zero-order valence-electron chi connectivity index (χ0n) is 20.6. The number of nitrogens with one attached hydrogen (secondary N) is 2. The summed E-state index contributed by atoms with van der Waals surface area (Å²) in [6.07, 6.45) is 7.09. The summed E-state index contributed by atoms with van der Waals surface area (Å²) < 4.78 is 12.4. The van der Waals surface area contributed by atoms with E-state index in [4.69, 9.17) is 9.47 Å². The monoisotopic (exact) mass is 497 g/mol. The Labute approximate surface area is 214 Å². The van der Waals surface area contributed by atoms with Crippen molar-refractivity contribution in [2.24, 2.45) is 7.05 Å². The number of methoxy groups -OCH3 is 1. The number of rotatable bonds is 7. The zero-order valence-corrected chi connectivity index (χ0v) is 20.6. The van der Waals surface area contributed by atoms with Crippen LogP contribution in [0.5, 0.6) is 5.75 Å². The number of anilines is 1. The molecular weight excluding hydrogens is 470 g/mol. The molecule has 2 aromatic carbocycles. The summed E-state index contributed by atoms with van der Waals surface area (Å²) >= 11 is 0. The topological polar surface area (TPSA) is 127 Å². The first kappa shape index (κ1) is 24.2. The van der Waals surface area contributed by atoms with Gasteiger partial charge in [-0.25, -0.2) is 9.97 Å². The van der Waals surface area contributed by atoms with E-state index in [-0.39, 0.29) is 11.9 Å². The van der Waals surface area contributed by atoms with E-state index in [1.807, 2.05) is 25.4 Å². The summed E-state index contributed by atoms with van der Waals surface area (Å²) in [5.74, 6) is 0.733. The lowest BCUT2D eigenvalue weighted by molar-refractivity contribution is 0.0903. The number of fused-ring (bicyclic) bond motifs is 1. The molecule has 1 fully saturated rings. The minimum atomic E-state index is -0.522. The molecule has 0 bridgehead atoms. The van der Waals surface area contributed by atoms with Gasteiger partial charge in [0.1, 0.15) is 11.8 Å². The maximum Gasteiger partial charge on any atom is 0.252 e. The van der Waals surface area contributed by atoms with Gasteiger partial charge in [-0.1, -0.05) is 12.1 Å². The van der Waals surface area contributed by atoms with E-state index in [1.54, 1.807) is 41.3 Å². The number of hydrogen-bond acceptors (Lipinski definition) is 8. The van der Waals surface area contributed by atoms with Gasteiger partial charge in [0, 0.05) is 55.2 Å². The van der Waals surface area contributed by atoms with Gasteiger partial charge in [0.2, 0.25) is 5.95 Å². The Bertz CT molecular complexity index is 1470. The molecule has 5 rings (SSSR count). The average molecular weight is 498 g/mol. The highest BCUT2D eigenvalue weighted by atomic mass is 16.5. The van der Waals surface area contributed by atoms with Crippen LogP contribution in [-0.4, -0.2) is 52.0 Å². The maximum atomic E-state index is 13.4. The van der Waals surface area contributed by atoms with E-state index < -0.39 is 6.04 Å². The summed E-state index contributed by atoms with van der Waals surface area (Å²) in [5.41, 5.74) is 3.05. The number of ether oxygens (including phenoxy) is 2. The maximum absolute atomic E-state index is 13.4. The highest BCUT2D eigenvalue weighted by Gasteiger charge is 2.21. The number of hydrogen-bond donors (Lipinski definition) is 2. The molecule has 37 heavy (non-hydrogen) atoms. The molecule has 2 N–H and O–H groups in total. The van der Waals surface area contributed by atoms with Crippen molar-refractivity contribution in [3.63, 3.8) is 0 Å². The lowest BCUT2D eigenvalue weighted by Gasteiger charge is -2.23. The second kappa shape index (κ2) is 10.6. The summed E-state index contributed by atoms with van der Waals surface area (Å²) in [7, 11) is 3.33. The molecule has 1 aliphatic rings. The normalized spacial score (nSPS) is 14.6. The highest BCUT2D eigenvalue weighted by Crippen LogP contribution is 2.28. The van der Waals surface area contributed by atoms with Crippen molar-refractivity contribution in [2.45, 2.75) is 24.9 Å². The van der Waals surface area contributed by atoms with Gasteiger partial charge >= 0.3 is 0 Å². The number of carbonyl (C=O) groups is 1. The fourth-order valence-electron chi connectivity index (χ4n) is 4.41. The number of aromatic nitrogens is 4. The van der Waals surface area contributed by atoms with Crippen molar-refractivity contribution in [2.75, 3.05) is 25.6 Å². The van der Waals surface area contributed by atoms with E-state index in [2.05, 4.69) is 31.8 Å². The zero-order chi connectivity index (χ0) is 25.8. The molecule has 1 amide bonds. The summed E-state index contributed by atoms with van der Waals surface area (Å²) in [4.78, 5) is 22.5. The molecule has 188 valence electrons. The largest absolute Gasteiger partial charge is 0.495 e. The second-order valence-electron chi connectivity index (χ2n) is 8.92. The van der Waals surface area contributed by atoms with Crippen LogP contribution in [0.4, 0.5) is 5.95 Å². The van der Waals surface area contributed by atoms with Gasteiger partial charge in [-0.05, 0) is 42.7 Å². The van der Waals surface area contributed by atoms with Gasteiger partial charge in [0.15, 0.2) is 0 Å². The number of aryl methyl sites for hydroxylation is 1. The van der Waals surface area contributed by atoms with Gasteiger partial charge in [0.05, 0.1) is 30.4 Å². The van der Waals surface area contributed by atoms with E-state index in [1.165, 1.54) is 7.11 Å². The highest BCUT2D eigenvalue weighted by molar-refractivity contribution is 5.98. The van der Waals surface area contributed by atoms with E-state index in [0.717, 1.165) is 42.6 Å². The minimum Gasteiger partial charge on any atom is -0.495 e. The molecule has 3 heterocycles. The molecule has 10 nitrogen and oxygen atoms in total. The Balaban J connectivity index is 1.42. The molecule has 2 aromatic heterocycles. The Morgan fingerprint density at radius 2 is 2.03 bits per heavy atom. The minimum absolute atomic E-state index is 0.265. The standard InChI is InChI=1S/C27H27N7O3/c1-34-16-21(15-30-34)25(17-5-6-24(36-2)20(11-17)13-28)33-26(35)18-3-4-19-14-29-27(32-23(19)12-18)31-22-7-9-37-10-8-22/h3-6,11-12,14-16,22,25H,7-10H2,1-2H3,(H,33,35)(H,29,31,32). The summed E-state index contributed by atoms with van der Waals surface area (Å²) in [6.45, 7) is 1.44. The number of amides is 1. The third kappa shape index (κ3) is 5.37. The number of benzene rings is 2. The van der Waals surface area contributed by atoms with Crippen LogP contribution < -0.4 is 15.4 Å². The fourth-order valence-corrected chi connectivity index (χ4v) is 4.41. The third-order valence-electron chi connectivity index (χ3n) is 6.41. The van der Waals surface area contributed by atoms with E-state index in [0.29, 0.717) is 28.3 Å². The molecule has 0 aliphatic carbocycles. The fraction of sp³-hybridized carbons (Fsp3) is 0.296. The summed E-state index contributed by atoms with van der Waals surface area (Å²) in [6, 6.07) is 12.5. The average Bonchev–Trinajstić information content (AvgIpc) is 3.37. The molecule has 4 aromatic rings. The SMILES string of the molecule is COc1ccc(C(NC(=O)c2ccc3cnc(NC4CCOCC4)nc3c2)c2cnn(C)c2)cc1C#N. The summed E-state index contributed by atoms with van der Waals surface area (Å²) in [5, 5.41) is 21.1. The smallest absolute Gasteiger partial charge is 0.252 e. The van der Waals surface area contributed by atoms with Crippen molar-refractivity contribution < 1.29 is 14.3 Å². The second-order valence-corrected chi connectivity index (χ2v) is 8.92. The van der Waals surface area contributed by atoms with Crippen LogP contribution >= 0.6 is 0 Å². The molecule has 0 radical (unpaired) electrons. The van der Waals surface area contributed by atoms with Crippen LogP contribution in [0, 0.1) is 11.3 Å². The predicted octanol–water partition coefficient (Wildman–Crippen LogP) is 3.35. The van der Waals surface area contributed by atoms with Gasteiger partial charge < -0.3 is 20.1 Å². The van der Waals surface area contributed by atoms with Crippen LogP contribution in [-0.2, 0) is 11.8 Å². The van der Waals surface area contributed by atoms with Crippen LogP contribution in [0.2, 0.25) is 0 Å². The van der Waals surface area contributed by atoms with Crippen molar-refractivity contribution in [1.82, 2.24) is 25.1 Å². The quantitative estimate of drug-likeness (QED) is 0.398. The van der Waals surface area contributed by atoms with Crippen LogP contribution in [0.3, 0.4) is 0 Å². The Kier molecular flexibility index (Phi) is 6.96. The first-order valence-electron chi connectivity index (χ1n) is 12.0. The lowest BCUT2D eigenvalue weighted by Crippen LogP contribution is -2.29. The first-order valence-corrected chi connectivity index (χ1v) is 12.0. The Hall–Kier alpha value is -4.49. The van der Waals surface area contributed by atoms with Crippen LogP contribution in [0.1, 0.15) is 45.9 Å². The first-order chi connectivity index (χ1) is 18.0. The van der Waals surface area contributed by atoms with Gasteiger partial charge in [-0.2, -0.15) is 10.4 Å². The Morgan fingerprint density at radius 3 is 2.76 bits per heavy atom. The number of nitrogens with zero attached hydrogens (tertiary/aromatic N) is 5. The van der Waals surface area contributed by atoms with Crippen molar-refractivity contribution in [3.8, 4) is 11.8 Å². The molecule has 1 saturated heterocycles. The van der Waals surface area contributed by atoms with E-state index >= 15 is 0 Å².